The molecule has 128 valence electrons. The quantitative estimate of drug-likeness (QED) is 0.587. The molecular weight excluding hydrogens is 337 g/mol. The van der Waals surface area contributed by atoms with Crippen LogP contribution >= 0.6 is 0 Å². The van der Waals surface area contributed by atoms with Crippen LogP contribution in [-0.2, 0) is 0 Å². The van der Waals surface area contributed by atoms with E-state index in [0.717, 1.165) is 0 Å². The lowest BCUT2D eigenvalue weighted by atomic mass is 10.2. The number of hydrogen-bond donors (Lipinski definition) is 2. The highest BCUT2D eigenvalue weighted by molar-refractivity contribution is 5.91. The van der Waals surface area contributed by atoms with E-state index in [-0.39, 0.29) is 11.4 Å². The van der Waals surface area contributed by atoms with E-state index >= 15 is 0 Å². The first-order valence-electron chi connectivity index (χ1n) is 7.67. The van der Waals surface area contributed by atoms with Crippen molar-refractivity contribution in [2.24, 2.45) is 0 Å². The van der Waals surface area contributed by atoms with Crippen LogP contribution in [-0.4, -0.2) is 30.8 Å². The van der Waals surface area contributed by atoms with E-state index in [2.05, 4.69) is 20.4 Å². The molecule has 0 bridgehead atoms. The Bertz CT molecular complexity index is 1130. The van der Waals surface area contributed by atoms with Crippen LogP contribution < -0.4 is 5.32 Å². The largest absolute Gasteiger partial charge is 0.478 e. The molecule has 0 fully saturated rings. The Labute approximate surface area is 146 Å². The van der Waals surface area contributed by atoms with Crippen molar-refractivity contribution >= 4 is 28.5 Å². The number of anilines is 2. The van der Waals surface area contributed by atoms with Gasteiger partial charge in [0.25, 0.3) is 0 Å². The van der Waals surface area contributed by atoms with Gasteiger partial charge in [0.05, 0.1) is 22.8 Å². The van der Waals surface area contributed by atoms with E-state index in [0.29, 0.717) is 28.2 Å². The molecule has 0 atom stereocenters. The maximum Gasteiger partial charge on any atom is 0.335 e. The fourth-order valence-corrected chi connectivity index (χ4v) is 2.61. The first-order valence-corrected chi connectivity index (χ1v) is 7.67. The molecule has 8 heteroatoms. The van der Waals surface area contributed by atoms with E-state index in [1.165, 1.54) is 35.3 Å². The third kappa shape index (κ3) is 2.84. The minimum atomic E-state index is -1.01. The first kappa shape index (κ1) is 15.7. The van der Waals surface area contributed by atoms with Gasteiger partial charge < -0.3 is 10.4 Å². The summed E-state index contributed by atoms with van der Waals surface area (Å²) >= 11 is 0. The summed E-state index contributed by atoms with van der Waals surface area (Å²) < 4.78 is 15.0. The molecule has 0 saturated carbocycles. The zero-order valence-corrected chi connectivity index (χ0v) is 13.3. The molecule has 0 aliphatic heterocycles. The fraction of sp³-hybridized carbons (Fsp3) is 0. The van der Waals surface area contributed by atoms with E-state index in [1.54, 1.807) is 30.5 Å². The number of hydrogen-bond acceptors (Lipinski definition) is 5. The van der Waals surface area contributed by atoms with Crippen LogP contribution in [0.15, 0.2) is 61.1 Å². The molecule has 26 heavy (non-hydrogen) atoms. The fourth-order valence-electron chi connectivity index (χ4n) is 2.61. The summed E-state index contributed by atoms with van der Waals surface area (Å²) in [6, 6.07) is 12.4. The molecule has 0 aliphatic carbocycles. The van der Waals surface area contributed by atoms with Gasteiger partial charge in [-0.05, 0) is 36.4 Å². The predicted octanol–water partition coefficient (Wildman–Crippen LogP) is 3.40. The van der Waals surface area contributed by atoms with Crippen molar-refractivity contribution in [3.8, 4) is 5.69 Å². The van der Waals surface area contributed by atoms with Gasteiger partial charge in [0.2, 0.25) is 0 Å². The third-order valence-electron chi connectivity index (χ3n) is 3.79. The second-order valence-electron chi connectivity index (χ2n) is 5.51. The van der Waals surface area contributed by atoms with Gasteiger partial charge in [-0.2, -0.15) is 5.10 Å². The molecule has 2 heterocycles. The molecule has 0 unspecified atom stereocenters. The zero-order chi connectivity index (χ0) is 18.1. The monoisotopic (exact) mass is 349 g/mol. The highest BCUT2D eigenvalue weighted by atomic mass is 19.1. The number of halogens is 1. The lowest BCUT2D eigenvalue weighted by Crippen LogP contribution is -2.01. The number of rotatable bonds is 4. The molecule has 0 spiro atoms. The van der Waals surface area contributed by atoms with Crippen molar-refractivity contribution in [1.29, 1.82) is 0 Å². The van der Waals surface area contributed by atoms with Crippen LogP contribution in [0.1, 0.15) is 10.4 Å². The summed E-state index contributed by atoms with van der Waals surface area (Å²) in [7, 11) is 0. The molecule has 4 aromatic rings. The highest BCUT2D eigenvalue weighted by Gasteiger charge is 2.12. The van der Waals surface area contributed by atoms with E-state index < -0.39 is 5.97 Å². The molecular formula is C18H12FN5O2. The van der Waals surface area contributed by atoms with Crippen molar-refractivity contribution in [3.05, 3.63) is 72.4 Å². The lowest BCUT2D eigenvalue weighted by molar-refractivity contribution is 0.0697. The van der Waals surface area contributed by atoms with Crippen molar-refractivity contribution < 1.29 is 14.3 Å². The molecule has 0 radical (unpaired) electrons. The van der Waals surface area contributed by atoms with Gasteiger partial charge in [0, 0.05) is 5.69 Å². The average molecular weight is 349 g/mol. The van der Waals surface area contributed by atoms with Crippen molar-refractivity contribution in [2.45, 2.75) is 0 Å². The van der Waals surface area contributed by atoms with E-state index in [4.69, 9.17) is 5.11 Å². The van der Waals surface area contributed by atoms with E-state index in [9.17, 15) is 9.18 Å². The third-order valence-corrected chi connectivity index (χ3v) is 3.79. The normalized spacial score (nSPS) is 10.8. The minimum absolute atomic E-state index is 0.163. The summed E-state index contributed by atoms with van der Waals surface area (Å²) in [5, 5.41) is 17.1. The Morgan fingerprint density at radius 1 is 1.12 bits per heavy atom. The molecule has 0 aliphatic rings. The van der Waals surface area contributed by atoms with Crippen LogP contribution in [0.5, 0.6) is 0 Å². The molecule has 7 nitrogen and oxygen atoms in total. The molecule has 2 aromatic heterocycles. The number of aromatic nitrogens is 4. The molecule has 4 rings (SSSR count). The number of carboxylic acids is 1. The summed E-state index contributed by atoms with van der Waals surface area (Å²) in [6.07, 6.45) is 2.94. The molecule has 0 saturated heterocycles. The highest BCUT2D eigenvalue weighted by Crippen LogP contribution is 2.25. The summed E-state index contributed by atoms with van der Waals surface area (Å²) in [4.78, 5) is 19.5. The van der Waals surface area contributed by atoms with Crippen LogP contribution in [0.3, 0.4) is 0 Å². The van der Waals surface area contributed by atoms with Crippen LogP contribution in [0.25, 0.3) is 16.7 Å². The van der Waals surface area contributed by atoms with Crippen LogP contribution in [0, 0.1) is 5.82 Å². The maximum absolute atomic E-state index is 13.5. The number of carboxylic acid groups (broad SMARTS) is 1. The zero-order valence-electron chi connectivity index (χ0n) is 13.3. The predicted molar refractivity (Wildman–Crippen MR) is 93.3 cm³/mol. The topological polar surface area (TPSA) is 92.9 Å². The van der Waals surface area contributed by atoms with Gasteiger partial charge in [0.15, 0.2) is 5.65 Å². The Morgan fingerprint density at radius 2 is 1.96 bits per heavy atom. The number of carbonyl (C=O) groups is 1. The molecule has 2 aromatic carbocycles. The summed E-state index contributed by atoms with van der Waals surface area (Å²) in [5.41, 5.74) is 1.78. The van der Waals surface area contributed by atoms with Gasteiger partial charge in [-0.3, -0.25) is 0 Å². The van der Waals surface area contributed by atoms with Crippen molar-refractivity contribution in [1.82, 2.24) is 19.7 Å². The molecule has 0 amide bonds. The first-order chi connectivity index (χ1) is 12.6. The number of benzene rings is 2. The standard InChI is InChI=1S/C18H12FN5O2/c19-12-4-2-6-14(8-12)24-17-15(9-22-24)16(20-10-21-17)23-13-5-1-3-11(7-13)18(25)26/h1-10H,(H,25,26)(H,20,21,23). The lowest BCUT2D eigenvalue weighted by Gasteiger charge is -2.07. The van der Waals surface area contributed by atoms with Gasteiger partial charge in [-0.25, -0.2) is 23.8 Å². The second kappa shape index (κ2) is 6.25. The van der Waals surface area contributed by atoms with Gasteiger partial charge in [0.1, 0.15) is 18.0 Å². The van der Waals surface area contributed by atoms with Crippen molar-refractivity contribution in [3.63, 3.8) is 0 Å². The Kier molecular flexibility index (Phi) is 3.77. The number of nitrogens with zero attached hydrogens (tertiary/aromatic N) is 4. The van der Waals surface area contributed by atoms with E-state index in [1.807, 2.05) is 0 Å². The van der Waals surface area contributed by atoms with Crippen molar-refractivity contribution in [2.75, 3.05) is 5.32 Å². The average Bonchev–Trinajstić information content (AvgIpc) is 3.07. The Balaban J connectivity index is 1.76. The number of aromatic carboxylic acids is 1. The maximum atomic E-state index is 13.5. The summed E-state index contributed by atoms with van der Waals surface area (Å²) in [5.74, 6) is -0.912. The van der Waals surface area contributed by atoms with Gasteiger partial charge in [-0.15, -0.1) is 0 Å². The number of nitrogens with one attached hydrogen (secondary N) is 1. The van der Waals surface area contributed by atoms with Gasteiger partial charge in [-0.1, -0.05) is 12.1 Å². The van der Waals surface area contributed by atoms with Crippen LogP contribution in [0.4, 0.5) is 15.9 Å². The van der Waals surface area contributed by atoms with Gasteiger partial charge >= 0.3 is 5.97 Å². The summed E-state index contributed by atoms with van der Waals surface area (Å²) in [6.45, 7) is 0. The Morgan fingerprint density at radius 3 is 2.77 bits per heavy atom. The molecule has 2 N–H and O–H groups in total. The SMILES string of the molecule is O=C(O)c1cccc(Nc2ncnc3c2cnn3-c2cccc(F)c2)c1. The number of fused-ring (bicyclic) bond motifs is 1. The Hall–Kier alpha value is -3.81. The smallest absolute Gasteiger partial charge is 0.335 e. The minimum Gasteiger partial charge on any atom is -0.478 e. The van der Waals surface area contributed by atoms with Crippen LogP contribution in [0.2, 0.25) is 0 Å². The second-order valence-corrected chi connectivity index (χ2v) is 5.51.